The smallest absolute Gasteiger partial charge is 0.329 e. The van der Waals surface area contributed by atoms with Crippen molar-refractivity contribution < 1.29 is 14.7 Å². The Balaban J connectivity index is 1.79. The van der Waals surface area contributed by atoms with Crippen LogP contribution < -0.4 is 5.32 Å². The van der Waals surface area contributed by atoms with Gasteiger partial charge in [0.1, 0.15) is 11.9 Å². The molecule has 1 amide bonds. The average Bonchev–Trinajstić information content (AvgIpc) is 3.02. The third-order valence-corrected chi connectivity index (χ3v) is 4.85. The molecule has 23 heavy (non-hydrogen) atoms. The second kappa shape index (κ2) is 5.98. The number of aliphatic carboxylic acids is 1. The first-order chi connectivity index (χ1) is 11.0. The zero-order chi connectivity index (χ0) is 16.4. The minimum Gasteiger partial charge on any atom is -0.480 e. The van der Waals surface area contributed by atoms with Crippen LogP contribution in [0.2, 0.25) is 0 Å². The molecule has 7 nitrogen and oxygen atoms in total. The molecule has 0 saturated heterocycles. The van der Waals surface area contributed by atoms with Crippen LogP contribution in [-0.4, -0.2) is 37.1 Å². The molecular formula is C16H20N4O3. The van der Waals surface area contributed by atoms with Crippen LogP contribution in [0.15, 0.2) is 24.7 Å². The highest BCUT2D eigenvalue weighted by Gasteiger charge is 2.43. The van der Waals surface area contributed by atoms with Gasteiger partial charge in [0.25, 0.3) is 5.91 Å². The average molecular weight is 316 g/mol. The number of rotatable bonds is 4. The number of carbonyl (C=O) groups excluding carboxylic acids is 1. The van der Waals surface area contributed by atoms with Gasteiger partial charge < -0.3 is 10.4 Å². The van der Waals surface area contributed by atoms with Gasteiger partial charge in [-0.05, 0) is 43.7 Å². The highest BCUT2D eigenvalue weighted by Crippen LogP contribution is 2.34. The van der Waals surface area contributed by atoms with Crippen LogP contribution in [0.5, 0.6) is 0 Å². The third kappa shape index (κ3) is 2.91. The first kappa shape index (κ1) is 15.5. The predicted octanol–water partition coefficient (Wildman–Crippen LogP) is 1.88. The van der Waals surface area contributed by atoms with E-state index in [4.69, 9.17) is 0 Å². The van der Waals surface area contributed by atoms with Gasteiger partial charge in [0, 0.05) is 6.20 Å². The number of hydrogen-bond donors (Lipinski definition) is 2. The molecule has 2 N–H and O–H groups in total. The van der Waals surface area contributed by atoms with E-state index in [0.717, 1.165) is 19.3 Å². The molecule has 2 aromatic rings. The number of aromatic nitrogens is 3. The van der Waals surface area contributed by atoms with Crippen molar-refractivity contribution in [1.29, 1.82) is 0 Å². The van der Waals surface area contributed by atoms with Crippen molar-refractivity contribution in [3.05, 3.63) is 30.2 Å². The van der Waals surface area contributed by atoms with Gasteiger partial charge >= 0.3 is 5.97 Å². The molecule has 3 rings (SSSR count). The minimum atomic E-state index is -1.16. The van der Waals surface area contributed by atoms with E-state index in [9.17, 15) is 14.7 Å². The summed E-state index contributed by atoms with van der Waals surface area (Å²) in [6.07, 6.45) is 6.77. The molecule has 122 valence electrons. The maximum absolute atomic E-state index is 12.5. The summed E-state index contributed by atoms with van der Waals surface area (Å²) in [6.45, 7) is 2.12. The standard InChI is InChI=1S/C16H20N4O3/c1-2-11-5-7-16(8-6-11,15(22)23)18-14(21)12-3-4-13-19-17-10-20(13)9-12/h3-4,9-11H,2,5-8H2,1H3,(H,18,21)(H,22,23). The Morgan fingerprint density at radius 3 is 2.78 bits per heavy atom. The number of amides is 1. The lowest BCUT2D eigenvalue weighted by atomic mass is 9.75. The summed E-state index contributed by atoms with van der Waals surface area (Å²) in [7, 11) is 0. The van der Waals surface area contributed by atoms with Gasteiger partial charge in [0.2, 0.25) is 0 Å². The van der Waals surface area contributed by atoms with Gasteiger partial charge in [-0.1, -0.05) is 13.3 Å². The Labute approximate surface area is 133 Å². The maximum Gasteiger partial charge on any atom is 0.329 e. The van der Waals surface area contributed by atoms with Crippen molar-refractivity contribution in [2.24, 2.45) is 5.92 Å². The summed E-state index contributed by atoms with van der Waals surface area (Å²) in [6, 6.07) is 3.32. The summed E-state index contributed by atoms with van der Waals surface area (Å²) < 4.78 is 1.64. The van der Waals surface area contributed by atoms with Gasteiger partial charge in [-0.15, -0.1) is 10.2 Å². The molecule has 1 aliphatic carbocycles. The van der Waals surface area contributed by atoms with Crippen LogP contribution in [0.3, 0.4) is 0 Å². The molecular weight excluding hydrogens is 296 g/mol. The number of fused-ring (bicyclic) bond motifs is 1. The van der Waals surface area contributed by atoms with Crippen molar-refractivity contribution in [1.82, 2.24) is 19.9 Å². The number of carboxylic acids is 1. The molecule has 0 bridgehead atoms. The van der Waals surface area contributed by atoms with Crippen molar-refractivity contribution in [2.45, 2.75) is 44.6 Å². The Morgan fingerprint density at radius 1 is 1.39 bits per heavy atom. The molecule has 2 aromatic heterocycles. The molecule has 0 aromatic carbocycles. The van der Waals surface area contributed by atoms with Gasteiger partial charge in [-0.2, -0.15) is 0 Å². The van der Waals surface area contributed by atoms with Gasteiger partial charge in [-0.3, -0.25) is 9.20 Å². The molecule has 1 fully saturated rings. The normalized spacial score (nSPS) is 24.5. The molecule has 0 radical (unpaired) electrons. The Morgan fingerprint density at radius 2 is 2.13 bits per heavy atom. The summed E-state index contributed by atoms with van der Waals surface area (Å²) in [4.78, 5) is 24.3. The Kier molecular flexibility index (Phi) is 4.02. The van der Waals surface area contributed by atoms with Gasteiger partial charge in [0.05, 0.1) is 5.56 Å². The molecule has 2 heterocycles. The largest absolute Gasteiger partial charge is 0.480 e. The van der Waals surface area contributed by atoms with Crippen LogP contribution in [-0.2, 0) is 4.79 Å². The summed E-state index contributed by atoms with van der Waals surface area (Å²) >= 11 is 0. The van der Waals surface area contributed by atoms with Crippen LogP contribution in [0, 0.1) is 5.92 Å². The number of carbonyl (C=O) groups is 2. The monoisotopic (exact) mass is 316 g/mol. The minimum absolute atomic E-state index is 0.377. The van der Waals surface area contributed by atoms with Crippen molar-refractivity contribution in [3.63, 3.8) is 0 Å². The Bertz CT molecular complexity index is 732. The molecule has 1 saturated carbocycles. The van der Waals surface area contributed by atoms with Crippen molar-refractivity contribution in [2.75, 3.05) is 0 Å². The molecule has 0 atom stereocenters. The molecule has 0 spiro atoms. The molecule has 7 heteroatoms. The number of nitrogens with zero attached hydrogens (tertiary/aromatic N) is 3. The Hall–Kier alpha value is -2.44. The first-order valence-electron chi connectivity index (χ1n) is 7.89. The zero-order valence-electron chi connectivity index (χ0n) is 13.0. The number of nitrogens with one attached hydrogen (secondary N) is 1. The summed E-state index contributed by atoms with van der Waals surface area (Å²) in [5.74, 6) is -0.781. The quantitative estimate of drug-likeness (QED) is 0.897. The number of hydrogen-bond acceptors (Lipinski definition) is 4. The number of pyridine rings is 1. The molecule has 0 unspecified atom stereocenters. The summed E-state index contributed by atoms with van der Waals surface area (Å²) in [5, 5.41) is 20.0. The van der Waals surface area contributed by atoms with E-state index in [1.165, 1.54) is 6.33 Å². The lowest BCUT2D eigenvalue weighted by molar-refractivity contribution is -0.146. The third-order valence-electron chi connectivity index (χ3n) is 4.85. The SMILES string of the molecule is CCC1CCC(NC(=O)c2ccc3nncn3c2)(C(=O)O)CC1. The van der Waals surface area contributed by atoms with Crippen LogP contribution in [0.4, 0.5) is 0 Å². The first-order valence-corrected chi connectivity index (χ1v) is 7.89. The van der Waals surface area contributed by atoms with Crippen LogP contribution >= 0.6 is 0 Å². The predicted molar refractivity (Wildman–Crippen MR) is 83.1 cm³/mol. The van der Waals surface area contributed by atoms with Crippen LogP contribution in [0.25, 0.3) is 5.65 Å². The van der Waals surface area contributed by atoms with Gasteiger partial charge in [-0.25, -0.2) is 4.79 Å². The lowest BCUT2D eigenvalue weighted by Gasteiger charge is -2.37. The second-order valence-corrected chi connectivity index (χ2v) is 6.21. The van der Waals surface area contributed by atoms with Gasteiger partial charge in [0.15, 0.2) is 5.65 Å². The topological polar surface area (TPSA) is 96.6 Å². The highest BCUT2D eigenvalue weighted by atomic mass is 16.4. The zero-order valence-corrected chi connectivity index (χ0v) is 13.0. The van der Waals surface area contributed by atoms with E-state index in [1.54, 1.807) is 22.7 Å². The lowest BCUT2D eigenvalue weighted by Crippen LogP contribution is -2.56. The fraction of sp³-hybridized carbons (Fsp3) is 0.500. The van der Waals surface area contributed by atoms with E-state index in [-0.39, 0.29) is 5.91 Å². The van der Waals surface area contributed by atoms with E-state index in [1.807, 2.05) is 0 Å². The van der Waals surface area contributed by atoms with Crippen molar-refractivity contribution in [3.8, 4) is 0 Å². The highest BCUT2D eigenvalue weighted by molar-refractivity contribution is 5.97. The number of carboxylic acid groups (broad SMARTS) is 1. The fourth-order valence-corrected chi connectivity index (χ4v) is 3.22. The maximum atomic E-state index is 12.5. The molecule has 1 aliphatic rings. The van der Waals surface area contributed by atoms with E-state index in [2.05, 4.69) is 22.4 Å². The van der Waals surface area contributed by atoms with E-state index >= 15 is 0 Å². The summed E-state index contributed by atoms with van der Waals surface area (Å²) in [5.41, 5.74) is -0.126. The van der Waals surface area contributed by atoms with E-state index in [0.29, 0.717) is 30.0 Å². The fourth-order valence-electron chi connectivity index (χ4n) is 3.22. The second-order valence-electron chi connectivity index (χ2n) is 6.21. The molecule has 0 aliphatic heterocycles. The van der Waals surface area contributed by atoms with Crippen molar-refractivity contribution >= 4 is 17.5 Å². The van der Waals surface area contributed by atoms with Crippen LogP contribution in [0.1, 0.15) is 49.4 Å². The van der Waals surface area contributed by atoms with E-state index < -0.39 is 11.5 Å².